The van der Waals surface area contributed by atoms with Crippen LogP contribution in [0.1, 0.15) is 10.0 Å². The van der Waals surface area contributed by atoms with Crippen molar-refractivity contribution in [3.05, 3.63) is 34.3 Å². The van der Waals surface area contributed by atoms with Crippen LogP contribution >= 0.6 is 34.4 Å². The number of nitrogens with zero attached hydrogens (tertiary/aromatic N) is 3. The van der Waals surface area contributed by atoms with E-state index in [9.17, 15) is 0 Å². The maximum absolute atomic E-state index is 5.51. The Balaban J connectivity index is 1.72. The average molecular weight is 294 g/mol. The molecular formula is C11H10N4S3. The Morgan fingerprint density at radius 3 is 2.72 bits per heavy atom. The van der Waals surface area contributed by atoms with Gasteiger partial charge in [-0.05, 0) is 12.1 Å². The minimum atomic E-state index is 0.462. The third kappa shape index (κ3) is 2.54. The molecule has 2 aromatic heterocycles. The molecule has 0 saturated carbocycles. The number of para-hydroxylation sites is 1. The highest BCUT2D eigenvalue weighted by atomic mass is 32.2. The molecule has 0 unspecified atom stereocenters. The highest BCUT2D eigenvalue weighted by molar-refractivity contribution is 8.00. The Bertz CT molecular complexity index is 628. The first kappa shape index (κ1) is 12.0. The van der Waals surface area contributed by atoms with E-state index < -0.39 is 0 Å². The van der Waals surface area contributed by atoms with Gasteiger partial charge in [0.2, 0.25) is 0 Å². The molecule has 1 aromatic carbocycles. The van der Waals surface area contributed by atoms with Gasteiger partial charge in [-0.1, -0.05) is 35.2 Å². The van der Waals surface area contributed by atoms with E-state index in [1.165, 1.54) is 4.70 Å². The number of hydrogen-bond acceptors (Lipinski definition) is 7. The molecule has 0 fully saturated rings. The third-order valence-electron chi connectivity index (χ3n) is 2.28. The molecule has 2 N–H and O–H groups in total. The molecule has 0 spiro atoms. The van der Waals surface area contributed by atoms with Crippen molar-refractivity contribution in [3.63, 3.8) is 0 Å². The first-order valence-electron chi connectivity index (χ1n) is 5.35. The van der Waals surface area contributed by atoms with Crippen molar-refractivity contribution in [1.29, 1.82) is 0 Å². The van der Waals surface area contributed by atoms with E-state index in [0.717, 1.165) is 25.6 Å². The van der Waals surface area contributed by atoms with Gasteiger partial charge in [-0.3, -0.25) is 0 Å². The molecule has 0 amide bonds. The molecule has 0 aliphatic carbocycles. The summed E-state index contributed by atoms with van der Waals surface area (Å²) in [5.41, 5.74) is 6.57. The van der Waals surface area contributed by atoms with E-state index in [0.29, 0.717) is 6.54 Å². The van der Waals surface area contributed by atoms with Crippen LogP contribution in [0.15, 0.2) is 28.6 Å². The van der Waals surface area contributed by atoms with E-state index in [1.54, 1.807) is 34.4 Å². The van der Waals surface area contributed by atoms with Gasteiger partial charge in [0, 0.05) is 6.54 Å². The van der Waals surface area contributed by atoms with Crippen molar-refractivity contribution in [3.8, 4) is 0 Å². The summed E-state index contributed by atoms with van der Waals surface area (Å²) in [6, 6.07) is 8.17. The van der Waals surface area contributed by atoms with Gasteiger partial charge in [0.1, 0.15) is 10.0 Å². The van der Waals surface area contributed by atoms with Crippen molar-refractivity contribution in [1.82, 2.24) is 15.2 Å². The number of thiazole rings is 1. The highest BCUT2D eigenvalue weighted by Crippen LogP contribution is 2.31. The Labute approximate surface area is 116 Å². The van der Waals surface area contributed by atoms with Crippen molar-refractivity contribution in [2.75, 3.05) is 0 Å². The average Bonchev–Trinajstić information content (AvgIpc) is 3.02. The maximum atomic E-state index is 5.51. The fourth-order valence-corrected chi connectivity index (χ4v) is 4.24. The molecule has 3 aromatic rings. The standard InChI is InChI=1S/C11H10N4S3/c12-5-9-14-15-10(18-9)6-16-11-13-7-3-1-2-4-8(7)17-11/h1-4H,5-6,12H2. The van der Waals surface area contributed by atoms with E-state index in [1.807, 2.05) is 18.2 Å². The summed E-state index contributed by atoms with van der Waals surface area (Å²) in [6.07, 6.45) is 0. The number of fused-ring (bicyclic) bond motifs is 1. The first-order chi connectivity index (χ1) is 8.85. The zero-order valence-electron chi connectivity index (χ0n) is 9.37. The largest absolute Gasteiger partial charge is 0.324 e. The summed E-state index contributed by atoms with van der Waals surface area (Å²) in [6.45, 7) is 0.462. The van der Waals surface area contributed by atoms with Gasteiger partial charge >= 0.3 is 0 Å². The van der Waals surface area contributed by atoms with E-state index in [2.05, 4.69) is 21.2 Å². The fourth-order valence-electron chi connectivity index (χ4n) is 1.47. The number of rotatable bonds is 4. The SMILES string of the molecule is NCc1nnc(CSc2nc3ccccc3s2)s1. The maximum Gasteiger partial charge on any atom is 0.151 e. The molecule has 92 valence electrons. The van der Waals surface area contributed by atoms with Crippen LogP contribution in [-0.4, -0.2) is 15.2 Å². The van der Waals surface area contributed by atoms with Crippen LogP contribution in [0.4, 0.5) is 0 Å². The molecule has 18 heavy (non-hydrogen) atoms. The molecule has 0 aliphatic heterocycles. The Kier molecular flexibility index (Phi) is 3.55. The number of hydrogen-bond donors (Lipinski definition) is 1. The lowest BCUT2D eigenvalue weighted by Crippen LogP contribution is -1.94. The zero-order chi connectivity index (χ0) is 12.4. The number of benzene rings is 1. The summed E-state index contributed by atoms with van der Waals surface area (Å²) in [7, 11) is 0. The van der Waals surface area contributed by atoms with E-state index >= 15 is 0 Å². The lowest BCUT2D eigenvalue weighted by atomic mass is 10.3. The van der Waals surface area contributed by atoms with Gasteiger partial charge < -0.3 is 5.73 Å². The van der Waals surface area contributed by atoms with Crippen LogP contribution < -0.4 is 5.73 Å². The normalized spacial score (nSPS) is 11.2. The Hall–Kier alpha value is -1.02. The molecular weight excluding hydrogens is 284 g/mol. The van der Waals surface area contributed by atoms with E-state index in [-0.39, 0.29) is 0 Å². The minimum absolute atomic E-state index is 0.462. The molecule has 2 heterocycles. The van der Waals surface area contributed by atoms with Crippen molar-refractivity contribution in [2.45, 2.75) is 16.6 Å². The van der Waals surface area contributed by atoms with Gasteiger partial charge in [0.15, 0.2) is 4.34 Å². The lowest BCUT2D eigenvalue weighted by molar-refractivity contribution is 0.942. The summed E-state index contributed by atoms with van der Waals surface area (Å²) >= 11 is 4.98. The van der Waals surface area contributed by atoms with Crippen LogP contribution in [0.2, 0.25) is 0 Å². The predicted molar refractivity (Wildman–Crippen MR) is 77.0 cm³/mol. The lowest BCUT2D eigenvalue weighted by Gasteiger charge is -1.90. The second-order valence-corrected chi connectivity index (χ2v) is 6.93. The van der Waals surface area contributed by atoms with Crippen LogP contribution in [0.5, 0.6) is 0 Å². The molecule has 7 heteroatoms. The smallest absolute Gasteiger partial charge is 0.151 e. The third-order valence-corrected chi connectivity index (χ3v) is 5.60. The summed E-state index contributed by atoms with van der Waals surface area (Å²) < 4.78 is 2.29. The molecule has 0 radical (unpaired) electrons. The summed E-state index contributed by atoms with van der Waals surface area (Å²) in [4.78, 5) is 4.57. The topological polar surface area (TPSA) is 64.7 Å². The summed E-state index contributed by atoms with van der Waals surface area (Å²) in [5, 5.41) is 9.99. The molecule has 4 nitrogen and oxygen atoms in total. The van der Waals surface area contributed by atoms with Crippen molar-refractivity contribution >= 4 is 44.7 Å². The zero-order valence-corrected chi connectivity index (χ0v) is 11.8. The molecule has 0 bridgehead atoms. The molecule has 3 rings (SSSR count). The second kappa shape index (κ2) is 5.31. The van der Waals surface area contributed by atoms with E-state index in [4.69, 9.17) is 5.73 Å². The second-order valence-electron chi connectivity index (χ2n) is 3.53. The number of thioether (sulfide) groups is 1. The van der Waals surface area contributed by atoms with Gasteiger partial charge in [-0.25, -0.2) is 4.98 Å². The number of nitrogens with two attached hydrogens (primary N) is 1. The van der Waals surface area contributed by atoms with Crippen molar-refractivity contribution in [2.24, 2.45) is 5.73 Å². The quantitative estimate of drug-likeness (QED) is 0.750. The van der Waals surface area contributed by atoms with Crippen LogP contribution in [0.3, 0.4) is 0 Å². The first-order valence-corrected chi connectivity index (χ1v) is 7.97. The molecule has 0 aliphatic rings. The van der Waals surface area contributed by atoms with Crippen molar-refractivity contribution < 1.29 is 0 Å². The number of aromatic nitrogens is 3. The fraction of sp³-hybridized carbons (Fsp3) is 0.182. The van der Waals surface area contributed by atoms with Crippen LogP contribution in [0.25, 0.3) is 10.2 Å². The Morgan fingerprint density at radius 2 is 1.94 bits per heavy atom. The summed E-state index contributed by atoms with van der Waals surface area (Å²) in [5.74, 6) is 0.803. The van der Waals surface area contributed by atoms with Gasteiger partial charge in [-0.2, -0.15) is 0 Å². The van der Waals surface area contributed by atoms with Gasteiger partial charge in [0.05, 0.1) is 16.0 Å². The van der Waals surface area contributed by atoms with Crippen LogP contribution in [0, 0.1) is 0 Å². The Morgan fingerprint density at radius 1 is 1.11 bits per heavy atom. The van der Waals surface area contributed by atoms with Gasteiger partial charge in [-0.15, -0.1) is 21.5 Å². The highest BCUT2D eigenvalue weighted by Gasteiger charge is 2.07. The van der Waals surface area contributed by atoms with Gasteiger partial charge in [0.25, 0.3) is 0 Å². The monoisotopic (exact) mass is 294 g/mol. The van der Waals surface area contributed by atoms with Crippen LogP contribution in [-0.2, 0) is 12.3 Å². The minimum Gasteiger partial charge on any atom is -0.324 e. The molecule has 0 atom stereocenters. The predicted octanol–water partition coefficient (Wildman–Crippen LogP) is 2.90. The molecule has 0 saturated heterocycles.